The Morgan fingerprint density at radius 2 is 1.71 bits per heavy atom. The van der Waals surface area contributed by atoms with Gasteiger partial charge in [0.15, 0.2) is 0 Å². The van der Waals surface area contributed by atoms with E-state index in [1.165, 1.54) is 37.5 Å². The lowest BCUT2D eigenvalue weighted by molar-refractivity contribution is -0.170. The first-order valence-electron chi connectivity index (χ1n) is 7.10. The molecule has 1 atom stereocenters. The minimum absolute atomic E-state index is 0.104. The van der Waals surface area contributed by atoms with Crippen molar-refractivity contribution in [1.29, 1.82) is 0 Å². The van der Waals surface area contributed by atoms with Crippen molar-refractivity contribution in [3.05, 3.63) is 72.8 Å². The van der Waals surface area contributed by atoms with E-state index in [1.807, 2.05) is 0 Å². The van der Waals surface area contributed by atoms with Gasteiger partial charge in [0.2, 0.25) is 0 Å². The molecule has 0 aliphatic carbocycles. The summed E-state index contributed by atoms with van der Waals surface area (Å²) in [6.45, 7) is 3.60. The SMILES string of the molecule is C=CC(c1ccccc1)N(C(=O)C(F)(F)F)c1ccc(OC)cc1. The van der Waals surface area contributed by atoms with E-state index in [1.54, 1.807) is 30.3 Å². The first-order chi connectivity index (χ1) is 11.4. The normalized spacial score (nSPS) is 12.3. The molecule has 0 spiro atoms. The first-order valence-corrected chi connectivity index (χ1v) is 7.10. The van der Waals surface area contributed by atoms with Crippen LogP contribution in [0.25, 0.3) is 0 Å². The Morgan fingerprint density at radius 1 is 1.12 bits per heavy atom. The smallest absolute Gasteiger partial charge is 0.471 e. The van der Waals surface area contributed by atoms with E-state index < -0.39 is 18.1 Å². The van der Waals surface area contributed by atoms with Gasteiger partial charge in [-0.05, 0) is 29.8 Å². The van der Waals surface area contributed by atoms with E-state index in [4.69, 9.17) is 4.74 Å². The molecule has 0 saturated heterocycles. The summed E-state index contributed by atoms with van der Waals surface area (Å²) in [7, 11) is 1.45. The fourth-order valence-corrected chi connectivity index (χ4v) is 2.32. The number of methoxy groups -OCH3 is 1. The summed E-state index contributed by atoms with van der Waals surface area (Å²) in [6, 6.07) is 13.3. The Bertz CT molecular complexity index is 696. The van der Waals surface area contributed by atoms with Crippen LogP contribution in [0, 0.1) is 0 Å². The molecular weight excluding hydrogens is 319 g/mol. The molecular formula is C18H16F3NO2. The fourth-order valence-electron chi connectivity index (χ4n) is 2.32. The van der Waals surface area contributed by atoms with Gasteiger partial charge in [0.05, 0.1) is 13.2 Å². The average molecular weight is 335 g/mol. The molecule has 126 valence electrons. The van der Waals surface area contributed by atoms with Crippen LogP contribution in [-0.4, -0.2) is 19.2 Å². The Morgan fingerprint density at radius 3 is 2.17 bits per heavy atom. The third kappa shape index (κ3) is 3.76. The summed E-state index contributed by atoms with van der Waals surface area (Å²) >= 11 is 0. The van der Waals surface area contributed by atoms with E-state index >= 15 is 0 Å². The van der Waals surface area contributed by atoms with Crippen molar-refractivity contribution < 1.29 is 22.7 Å². The van der Waals surface area contributed by atoms with Gasteiger partial charge in [-0.2, -0.15) is 13.2 Å². The molecule has 0 N–H and O–H groups in total. The molecule has 0 aromatic heterocycles. The lowest BCUT2D eigenvalue weighted by Gasteiger charge is -2.31. The Balaban J connectivity index is 2.52. The molecule has 3 nitrogen and oxygen atoms in total. The summed E-state index contributed by atoms with van der Waals surface area (Å²) in [5, 5.41) is 0. The van der Waals surface area contributed by atoms with E-state index in [-0.39, 0.29) is 5.69 Å². The predicted molar refractivity (Wildman–Crippen MR) is 85.9 cm³/mol. The third-order valence-electron chi connectivity index (χ3n) is 3.45. The van der Waals surface area contributed by atoms with Crippen LogP contribution in [0.15, 0.2) is 67.3 Å². The zero-order valence-electron chi connectivity index (χ0n) is 13.0. The molecule has 2 aromatic rings. The molecule has 0 aliphatic rings. The second-order valence-corrected chi connectivity index (χ2v) is 4.96. The number of carbonyl (C=O) groups is 1. The molecule has 2 aromatic carbocycles. The van der Waals surface area contributed by atoms with Crippen LogP contribution in [0.5, 0.6) is 5.75 Å². The van der Waals surface area contributed by atoms with Crippen LogP contribution in [0.2, 0.25) is 0 Å². The predicted octanol–water partition coefficient (Wildman–Crippen LogP) is 4.52. The highest BCUT2D eigenvalue weighted by molar-refractivity contribution is 5.98. The minimum atomic E-state index is -5.00. The Kier molecular flexibility index (Phi) is 5.28. The van der Waals surface area contributed by atoms with Crippen molar-refractivity contribution in [2.75, 3.05) is 12.0 Å². The van der Waals surface area contributed by atoms with Gasteiger partial charge >= 0.3 is 12.1 Å². The first kappa shape index (κ1) is 17.6. The zero-order chi connectivity index (χ0) is 17.7. The molecule has 0 saturated carbocycles. The highest BCUT2D eigenvalue weighted by Gasteiger charge is 2.45. The van der Waals surface area contributed by atoms with E-state index in [2.05, 4.69) is 6.58 Å². The number of amides is 1. The molecule has 0 radical (unpaired) electrons. The molecule has 2 rings (SSSR count). The van der Waals surface area contributed by atoms with Crippen molar-refractivity contribution >= 4 is 11.6 Å². The van der Waals surface area contributed by atoms with Crippen LogP contribution in [0.1, 0.15) is 11.6 Å². The van der Waals surface area contributed by atoms with Crippen molar-refractivity contribution in [1.82, 2.24) is 0 Å². The molecule has 1 amide bonds. The summed E-state index contributed by atoms with van der Waals surface area (Å²) in [6.07, 6.45) is -3.70. The number of benzene rings is 2. The largest absolute Gasteiger partial charge is 0.497 e. The van der Waals surface area contributed by atoms with E-state index in [9.17, 15) is 18.0 Å². The number of nitrogens with zero attached hydrogens (tertiary/aromatic N) is 1. The Hall–Kier alpha value is -2.76. The van der Waals surface area contributed by atoms with Gasteiger partial charge in [-0.1, -0.05) is 36.4 Å². The number of alkyl halides is 3. The maximum Gasteiger partial charge on any atom is 0.471 e. The standard InChI is InChI=1S/C18H16F3NO2/c1-3-16(13-7-5-4-6-8-13)22(17(23)18(19,20)21)14-9-11-15(24-2)12-10-14/h3-12,16H,1H2,2H3. The zero-order valence-corrected chi connectivity index (χ0v) is 13.0. The van der Waals surface area contributed by atoms with Crippen LogP contribution in [0.3, 0.4) is 0 Å². The number of hydrogen-bond acceptors (Lipinski definition) is 2. The maximum atomic E-state index is 13.1. The van der Waals surface area contributed by atoms with Crippen molar-refractivity contribution in [3.8, 4) is 5.75 Å². The molecule has 0 aliphatic heterocycles. The highest BCUT2D eigenvalue weighted by atomic mass is 19.4. The molecule has 0 bridgehead atoms. The second kappa shape index (κ2) is 7.21. The second-order valence-electron chi connectivity index (χ2n) is 4.96. The fraction of sp³-hybridized carbons (Fsp3) is 0.167. The number of hydrogen-bond donors (Lipinski definition) is 0. The molecule has 0 fully saturated rings. The molecule has 0 heterocycles. The van der Waals surface area contributed by atoms with Gasteiger partial charge < -0.3 is 4.74 Å². The van der Waals surface area contributed by atoms with Crippen LogP contribution < -0.4 is 9.64 Å². The maximum absolute atomic E-state index is 13.1. The lowest BCUT2D eigenvalue weighted by atomic mass is 10.0. The number of rotatable bonds is 5. The summed E-state index contributed by atoms with van der Waals surface area (Å²) < 4.78 is 44.3. The number of ether oxygens (including phenoxy) is 1. The number of carbonyl (C=O) groups excluding carboxylic acids is 1. The molecule has 1 unspecified atom stereocenters. The topological polar surface area (TPSA) is 29.5 Å². The van der Waals surface area contributed by atoms with Gasteiger partial charge in [-0.3, -0.25) is 9.69 Å². The van der Waals surface area contributed by atoms with Gasteiger partial charge in [0.1, 0.15) is 5.75 Å². The van der Waals surface area contributed by atoms with Crippen LogP contribution >= 0.6 is 0 Å². The summed E-state index contributed by atoms with van der Waals surface area (Å²) in [5.41, 5.74) is 0.632. The molecule has 24 heavy (non-hydrogen) atoms. The van der Waals surface area contributed by atoms with Crippen LogP contribution in [-0.2, 0) is 4.79 Å². The summed E-state index contributed by atoms with van der Waals surface area (Å²) in [4.78, 5) is 12.7. The lowest BCUT2D eigenvalue weighted by Crippen LogP contribution is -2.43. The van der Waals surface area contributed by atoms with Crippen molar-refractivity contribution in [2.45, 2.75) is 12.2 Å². The van der Waals surface area contributed by atoms with Crippen molar-refractivity contribution in [2.24, 2.45) is 0 Å². The van der Waals surface area contributed by atoms with Gasteiger partial charge in [-0.25, -0.2) is 0 Å². The van der Waals surface area contributed by atoms with Crippen molar-refractivity contribution in [3.63, 3.8) is 0 Å². The monoisotopic (exact) mass is 335 g/mol. The summed E-state index contributed by atoms with van der Waals surface area (Å²) in [5.74, 6) is -1.48. The highest BCUT2D eigenvalue weighted by Crippen LogP contribution is 2.33. The Labute approximate surface area is 138 Å². The van der Waals surface area contributed by atoms with Crippen LogP contribution in [0.4, 0.5) is 18.9 Å². The number of halogens is 3. The minimum Gasteiger partial charge on any atom is -0.497 e. The molecule has 6 heteroatoms. The average Bonchev–Trinajstić information content (AvgIpc) is 2.59. The van der Waals surface area contributed by atoms with Gasteiger partial charge in [-0.15, -0.1) is 6.58 Å². The van der Waals surface area contributed by atoms with E-state index in [0.29, 0.717) is 16.2 Å². The van der Waals surface area contributed by atoms with Gasteiger partial charge in [0.25, 0.3) is 0 Å². The van der Waals surface area contributed by atoms with E-state index in [0.717, 1.165) is 0 Å². The third-order valence-corrected chi connectivity index (χ3v) is 3.45. The van der Waals surface area contributed by atoms with Gasteiger partial charge in [0, 0.05) is 5.69 Å². The quantitative estimate of drug-likeness (QED) is 0.752. The number of anilines is 1.